The van der Waals surface area contributed by atoms with Crippen LogP contribution in [-0.2, 0) is 4.79 Å². The fourth-order valence-electron chi connectivity index (χ4n) is 2.73. The summed E-state index contributed by atoms with van der Waals surface area (Å²) >= 11 is 2.83. The quantitative estimate of drug-likeness (QED) is 0.497. The van der Waals surface area contributed by atoms with Gasteiger partial charge in [0.25, 0.3) is 5.91 Å². The molecule has 7 nitrogen and oxygen atoms in total. The number of hydrogen-bond acceptors (Lipinski definition) is 6. The van der Waals surface area contributed by atoms with Crippen molar-refractivity contribution >= 4 is 56.8 Å². The molecule has 0 spiro atoms. The lowest BCUT2D eigenvalue weighted by molar-refractivity contribution is -0.118. The molecule has 148 valence electrons. The van der Waals surface area contributed by atoms with E-state index in [0.717, 1.165) is 27.4 Å². The van der Waals surface area contributed by atoms with Crippen LogP contribution in [0.5, 0.6) is 0 Å². The molecule has 1 aliphatic rings. The van der Waals surface area contributed by atoms with E-state index in [1.807, 2.05) is 0 Å². The van der Waals surface area contributed by atoms with Crippen LogP contribution in [0, 0.1) is 0 Å². The van der Waals surface area contributed by atoms with Gasteiger partial charge in [0.2, 0.25) is 5.91 Å². The van der Waals surface area contributed by atoms with Gasteiger partial charge in [-0.2, -0.15) is 0 Å². The van der Waals surface area contributed by atoms with E-state index < -0.39 is 11.9 Å². The number of carboxylic acids is 1. The summed E-state index contributed by atoms with van der Waals surface area (Å²) in [6.07, 6.45) is 2.12. The zero-order chi connectivity index (χ0) is 20.4. The molecule has 0 radical (unpaired) electrons. The highest BCUT2D eigenvalue weighted by Gasteiger charge is 2.23. The van der Waals surface area contributed by atoms with Gasteiger partial charge >= 0.3 is 5.97 Å². The van der Waals surface area contributed by atoms with E-state index in [-0.39, 0.29) is 17.0 Å². The molecule has 2 aromatic carbocycles. The predicted octanol–water partition coefficient (Wildman–Crippen LogP) is 3.62. The van der Waals surface area contributed by atoms with E-state index in [9.17, 15) is 19.5 Å². The number of carboxylic acid groups (broad SMARTS) is 1. The van der Waals surface area contributed by atoms with Gasteiger partial charge in [0.05, 0.1) is 27.1 Å². The Labute approximate surface area is 174 Å². The number of benzene rings is 2. The van der Waals surface area contributed by atoms with Crippen LogP contribution in [0.25, 0.3) is 10.2 Å². The topological polar surface area (TPSA) is 108 Å². The molecule has 0 unspecified atom stereocenters. The van der Waals surface area contributed by atoms with Gasteiger partial charge in [-0.3, -0.25) is 9.59 Å². The summed E-state index contributed by atoms with van der Waals surface area (Å²) in [6, 6.07) is 11.7. The Morgan fingerprint density at radius 1 is 1.14 bits per heavy atom. The number of rotatable bonds is 7. The van der Waals surface area contributed by atoms with Crippen molar-refractivity contribution in [1.29, 1.82) is 0 Å². The Balaban J connectivity index is 1.45. The molecule has 3 aromatic rings. The second-order valence-electron chi connectivity index (χ2n) is 6.60. The van der Waals surface area contributed by atoms with E-state index in [1.165, 1.54) is 35.2 Å². The zero-order valence-electron chi connectivity index (χ0n) is 15.2. The number of nitrogens with one attached hydrogen (secondary N) is 2. The van der Waals surface area contributed by atoms with Gasteiger partial charge in [-0.25, -0.2) is 9.78 Å². The number of fused-ring (bicyclic) bond motifs is 1. The van der Waals surface area contributed by atoms with E-state index in [2.05, 4.69) is 15.6 Å². The van der Waals surface area contributed by atoms with E-state index in [4.69, 9.17) is 0 Å². The van der Waals surface area contributed by atoms with Crippen LogP contribution >= 0.6 is 23.1 Å². The molecule has 1 aromatic heterocycles. The van der Waals surface area contributed by atoms with Crippen molar-refractivity contribution < 1.29 is 19.5 Å². The normalized spacial score (nSPS) is 13.2. The van der Waals surface area contributed by atoms with Gasteiger partial charge in [-0.05, 0) is 43.2 Å². The number of anilines is 1. The van der Waals surface area contributed by atoms with E-state index in [0.29, 0.717) is 17.5 Å². The SMILES string of the molecule is O=C(CSc1nc2ccc(NC(=O)c3ccccc3C(=O)O)cc2s1)NC1CC1. The average molecular weight is 428 g/mol. The molecule has 9 heteroatoms. The summed E-state index contributed by atoms with van der Waals surface area (Å²) in [5.74, 6) is -1.30. The maximum atomic E-state index is 12.5. The Morgan fingerprint density at radius 3 is 2.62 bits per heavy atom. The summed E-state index contributed by atoms with van der Waals surface area (Å²) in [4.78, 5) is 40.2. The van der Waals surface area contributed by atoms with Crippen molar-refractivity contribution in [3.63, 3.8) is 0 Å². The highest BCUT2D eigenvalue weighted by atomic mass is 32.2. The van der Waals surface area contributed by atoms with Crippen LogP contribution in [-0.4, -0.2) is 39.7 Å². The van der Waals surface area contributed by atoms with Crippen LogP contribution in [0.2, 0.25) is 0 Å². The third kappa shape index (κ3) is 4.75. The molecule has 29 heavy (non-hydrogen) atoms. The molecule has 0 aliphatic heterocycles. The largest absolute Gasteiger partial charge is 0.478 e. The van der Waals surface area contributed by atoms with Crippen molar-refractivity contribution in [2.24, 2.45) is 0 Å². The fraction of sp³-hybridized carbons (Fsp3) is 0.200. The Kier molecular flexibility index (Phi) is 5.50. The minimum atomic E-state index is -1.15. The van der Waals surface area contributed by atoms with Crippen molar-refractivity contribution in [3.05, 3.63) is 53.6 Å². The molecule has 0 bridgehead atoms. The summed E-state index contributed by atoms with van der Waals surface area (Å²) in [5.41, 5.74) is 1.38. The second kappa shape index (κ2) is 8.22. The maximum absolute atomic E-state index is 12.5. The van der Waals surface area contributed by atoms with E-state index in [1.54, 1.807) is 30.3 Å². The number of carbonyl (C=O) groups is 3. The number of thioether (sulfide) groups is 1. The molecule has 1 saturated carbocycles. The van der Waals surface area contributed by atoms with Gasteiger partial charge < -0.3 is 15.7 Å². The Bertz CT molecular complexity index is 1110. The van der Waals surface area contributed by atoms with Crippen LogP contribution < -0.4 is 10.6 Å². The first kappa shape index (κ1) is 19.4. The molecule has 2 amide bonds. The molecule has 1 aliphatic carbocycles. The standard InChI is InChI=1S/C20H17N3O4S2/c24-17(21-11-5-6-11)10-28-20-23-15-8-7-12(9-16(15)29-20)22-18(25)13-3-1-2-4-14(13)19(26)27/h1-4,7-9,11H,5-6,10H2,(H,21,24)(H,22,25)(H,26,27). The van der Waals surface area contributed by atoms with Crippen LogP contribution in [0.15, 0.2) is 46.8 Å². The number of nitrogens with zero attached hydrogens (tertiary/aromatic N) is 1. The first-order valence-electron chi connectivity index (χ1n) is 8.96. The average Bonchev–Trinajstić information content (AvgIpc) is 3.42. The smallest absolute Gasteiger partial charge is 0.336 e. The highest BCUT2D eigenvalue weighted by Crippen LogP contribution is 2.31. The minimum absolute atomic E-state index is 0.0156. The molecule has 1 heterocycles. The first-order valence-corrected chi connectivity index (χ1v) is 10.8. The lowest BCUT2D eigenvalue weighted by Crippen LogP contribution is -2.26. The van der Waals surface area contributed by atoms with Crippen molar-refractivity contribution in [1.82, 2.24) is 10.3 Å². The van der Waals surface area contributed by atoms with Crippen molar-refractivity contribution in [3.8, 4) is 0 Å². The van der Waals surface area contributed by atoms with Gasteiger partial charge in [0.15, 0.2) is 4.34 Å². The van der Waals surface area contributed by atoms with Crippen LogP contribution in [0.1, 0.15) is 33.6 Å². The number of carbonyl (C=O) groups excluding carboxylic acids is 2. The minimum Gasteiger partial charge on any atom is -0.478 e. The lowest BCUT2D eigenvalue weighted by atomic mass is 10.1. The van der Waals surface area contributed by atoms with Gasteiger partial charge in [-0.1, -0.05) is 23.9 Å². The van der Waals surface area contributed by atoms with Crippen molar-refractivity contribution in [2.75, 3.05) is 11.1 Å². The van der Waals surface area contributed by atoms with Gasteiger partial charge in [0, 0.05) is 11.7 Å². The second-order valence-corrected chi connectivity index (χ2v) is 8.85. The summed E-state index contributed by atoms with van der Waals surface area (Å²) in [6.45, 7) is 0. The number of thiazole rings is 1. The third-order valence-corrected chi connectivity index (χ3v) is 6.46. The molecule has 4 rings (SSSR count). The van der Waals surface area contributed by atoms with Gasteiger partial charge in [-0.15, -0.1) is 11.3 Å². The molecule has 0 saturated heterocycles. The van der Waals surface area contributed by atoms with Crippen LogP contribution in [0.4, 0.5) is 5.69 Å². The number of hydrogen-bond donors (Lipinski definition) is 3. The summed E-state index contributed by atoms with van der Waals surface area (Å²) in [7, 11) is 0. The van der Waals surface area contributed by atoms with Crippen molar-refractivity contribution in [2.45, 2.75) is 23.2 Å². The Morgan fingerprint density at radius 2 is 1.90 bits per heavy atom. The number of aromatic carboxylic acids is 1. The summed E-state index contributed by atoms with van der Waals surface area (Å²) < 4.78 is 1.66. The molecular weight excluding hydrogens is 410 g/mol. The highest BCUT2D eigenvalue weighted by molar-refractivity contribution is 8.01. The predicted molar refractivity (Wildman–Crippen MR) is 113 cm³/mol. The summed E-state index contributed by atoms with van der Waals surface area (Å²) in [5, 5.41) is 14.9. The lowest BCUT2D eigenvalue weighted by Gasteiger charge is -2.07. The number of aromatic nitrogens is 1. The number of amides is 2. The third-order valence-electron chi connectivity index (χ3n) is 4.30. The van der Waals surface area contributed by atoms with E-state index >= 15 is 0 Å². The van der Waals surface area contributed by atoms with Gasteiger partial charge in [0.1, 0.15) is 0 Å². The monoisotopic (exact) mass is 427 g/mol. The first-order chi connectivity index (χ1) is 14.0. The Hall–Kier alpha value is -2.91. The zero-order valence-corrected chi connectivity index (χ0v) is 16.8. The molecule has 0 atom stereocenters. The molecule has 3 N–H and O–H groups in total. The van der Waals surface area contributed by atoms with Crippen LogP contribution in [0.3, 0.4) is 0 Å². The molecular formula is C20H17N3O4S2. The molecule has 1 fully saturated rings. The maximum Gasteiger partial charge on any atom is 0.336 e. The fourth-order valence-corrected chi connectivity index (χ4v) is 4.65.